The van der Waals surface area contributed by atoms with Gasteiger partial charge in [-0.2, -0.15) is 0 Å². The van der Waals surface area contributed by atoms with Gasteiger partial charge in [-0.1, -0.05) is 19.9 Å². The third kappa shape index (κ3) is 6.92. The van der Waals surface area contributed by atoms with Crippen molar-refractivity contribution in [1.29, 1.82) is 0 Å². The maximum atomic E-state index is 12.7. The number of ether oxygens (including phenoxy) is 1. The average molecular weight is 367 g/mol. The van der Waals surface area contributed by atoms with Crippen molar-refractivity contribution in [2.75, 3.05) is 13.2 Å². The third-order valence-corrected chi connectivity index (χ3v) is 3.98. The molecule has 0 radical (unpaired) electrons. The van der Waals surface area contributed by atoms with Gasteiger partial charge >= 0.3 is 5.97 Å². The minimum atomic E-state index is -0.753. The third-order valence-electron chi connectivity index (χ3n) is 3.98. The Morgan fingerprint density at radius 2 is 1.92 bits per heavy atom. The molecule has 1 aromatic carbocycles. The van der Waals surface area contributed by atoms with E-state index in [-0.39, 0.29) is 49.4 Å². The van der Waals surface area contributed by atoms with E-state index in [1.165, 1.54) is 18.2 Å². The predicted octanol–water partition coefficient (Wildman–Crippen LogP) is 1.73. The summed E-state index contributed by atoms with van der Waals surface area (Å²) < 4.78 is 5.03. The molecule has 1 amide bonds. The Balaban J connectivity index is 2.89. The predicted molar refractivity (Wildman–Crippen MR) is 96.7 cm³/mol. The molecule has 0 saturated heterocycles. The smallest absolute Gasteiger partial charge is 0.328 e. The molecule has 4 N–H and O–H groups in total. The van der Waals surface area contributed by atoms with Gasteiger partial charge in [-0.25, -0.2) is 4.79 Å². The van der Waals surface area contributed by atoms with E-state index in [0.29, 0.717) is 12.0 Å². The molecule has 0 aromatic heterocycles. The number of carbonyl (C=O) groups excluding carboxylic acids is 2. The lowest BCUT2D eigenvalue weighted by Crippen LogP contribution is -2.45. The zero-order valence-corrected chi connectivity index (χ0v) is 15.6. The highest BCUT2D eigenvalue weighted by Gasteiger charge is 2.27. The first-order valence-electron chi connectivity index (χ1n) is 8.87. The molecule has 0 bridgehead atoms. The fourth-order valence-corrected chi connectivity index (χ4v) is 2.69. The first-order chi connectivity index (χ1) is 12.3. The molecule has 146 valence electrons. The summed E-state index contributed by atoms with van der Waals surface area (Å²) in [5, 5.41) is 31.3. The van der Waals surface area contributed by atoms with Crippen molar-refractivity contribution in [1.82, 2.24) is 5.32 Å². The highest BCUT2D eigenvalue weighted by molar-refractivity contribution is 5.86. The fourth-order valence-electron chi connectivity index (χ4n) is 2.69. The number of aromatic hydroxyl groups is 2. The molecule has 1 aromatic rings. The molecular formula is C19H29NO6. The van der Waals surface area contributed by atoms with Crippen molar-refractivity contribution in [2.45, 2.75) is 46.1 Å². The molecule has 1 rings (SSSR count). The lowest BCUT2D eigenvalue weighted by Gasteiger charge is -2.23. The van der Waals surface area contributed by atoms with Gasteiger partial charge in [0, 0.05) is 18.6 Å². The maximum Gasteiger partial charge on any atom is 0.328 e. The number of hydrogen-bond acceptors (Lipinski definition) is 6. The normalized spacial score (nSPS) is 13.3. The van der Waals surface area contributed by atoms with E-state index in [2.05, 4.69) is 5.32 Å². The number of esters is 1. The summed E-state index contributed by atoms with van der Waals surface area (Å²) in [6.45, 7) is 5.61. The number of phenols is 2. The molecule has 0 aliphatic rings. The van der Waals surface area contributed by atoms with Gasteiger partial charge in [-0.15, -0.1) is 0 Å². The molecule has 0 saturated carbocycles. The summed E-state index contributed by atoms with van der Waals surface area (Å²) in [5.74, 6) is -1.50. The van der Waals surface area contributed by atoms with Crippen LogP contribution >= 0.6 is 0 Å². The fraction of sp³-hybridized carbons (Fsp3) is 0.579. The number of hydrogen-bond donors (Lipinski definition) is 4. The molecule has 2 atom stereocenters. The first-order valence-corrected chi connectivity index (χ1v) is 8.87. The minimum Gasteiger partial charge on any atom is -0.508 e. The average Bonchev–Trinajstić information content (AvgIpc) is 2.55. The summed E-state index contributed by atoms with van der Waals surface area (Å²) in [5.41, 5.74) is 0.480. The van der Waals surface area contributed by atoms with E-state index in [4.69, 9.17) is 4.74 Å². The topological polar surface area (TPSA) is 116 Å². The van der Waals surface area contributed by atoms with Gasteiger partial charge in [0.1, 0.15) is 17.5 Å². The van der Waals surface area contributed by atoms with Crippen LogP contribution in [0.4, 0.5) is 0 Å². The Hall–Kier alpha value is -2.28. The van der Waals surface area contributed by atoms with Crippen LogP contribution in [0.25, 0.3) is 0 Å². The van der Waals surface area contributed by atoms with Crippen LogP contribution in [-0.4, -0.2) is 46.5 Å². The molecular weight excluding hydrogens is 338 g/mol. The van der Waals surface area contributed by atoms with Gasteiger partial charge in [-0.05, 0) is 43.7 Å². The van der Waals surface area contributed by atoms with Crippen LogP contribution in [0.5, 0.6) is 11.5 Å². The number of nitrogens with one attached hydrogen (secondary N) is 1. The van der Waals surface area contributed by atoms with Crippen molar-refractivity contribution >= 4 is 11.9 Å². The standard InChI is InChI=1S/C19H29NO6/c1-4-26-19(25)16(9-12(2)3)20-18(24)14(7-8-21)10-13-5-6-15(22)11-17(13)23/h5-6,11-12,14,16,21-23H,4,7-10H2,1-3H3,(H,20,24). The molecule has 0 heterocycles. The molecule has 0 spiro atoms. The van der Waals surface area contributed by atoms with Gasteiger partial charge in [0.05, 0.1) is 6.61 Å². The van der Waals surface area contributed by atoms with Crippen molar-refractivity contribution in [3.8, 4) is 11.5 Å². The van der Waals surface area contributed by atoms with Crippen LogP contribution in [-0.2, 0) is 20.7 Å². The monoisotopic (exact) mass is 367 g/mol. The van der Waals surface area contributed by atoms with Crippen LogP contribution in [0.3, 0.4) is 0 Å². The van der Waals surface area contributed by atoms with Crippen LogP contribution in [0.15, 0.2) is 18.2 Å². The second-order valence-corrected chi connectivity index (χ2v) is 6.67. The van der Waals surface area contributed by atoms with Gasteiger partial charge in [0.15, 0.2) is 0 Å². The van der Waals surface area contributed by atoms with Crippen LogP contribution < -0.4 is 5.32 Å². The number of aliphatic hydroxyl groups is 1. The maximum absolute atomic E-state index is 12.7. The van der Waals surface area contributed by atoms with Crippen molar-refractivity contribution in [3.63, 3.8) is 0 Å². The van der Waals surface area contributed by atoms with Gasteiger partial charge < -0.3 is 25.4 Å². The minimum absolute atomic E-state index is 0.0753. The Morgan fingerprint density at radius 3 is 2.46 bits per heavy atom. The molecule has 7 nitrogen and oxygen atoms in total. The molecule has 0 fully saturated rings. The number of benzene rings is 1. The summed E-state index contributed by atoms with van der Waals surface area (Å²) >= 11 is 0. The van der Waals surface area contributed by atoms with E-state index < -0.39 is 17.9 Å². The second kappa shape index (κ2) is 10.7. The number of rotatable bonds is 10. The van der Waals surface area contributed by atoms with Crippen LogP contribution in [0.2, 0.25) is 0 Å². The summed E-state index contributed by atoms with van der Waals surface area (Å²) in [6, 6.07) is 3.39. The van der Waals surface area contributed by atoms with Crippen molar-refractivity contribution in [3.05, 3.63) is 23.8 Å². The first kappa shape index (κ1) is 21.8. The molecule has 7 heteroatoms. The lowest BCUT2D eigenvalue weighted by molar-refractivity contribution is -0.148. The van der Waals surface area contributed by atoms with E-state index in [9.17, 15) is 24.9 Å². The van der Waals surface area contributed by atoms with Crippen LogP contribution in [0, 0.1) is 11.8 Å². The van der Waals surface area contributed by atoms with Crippen molar-refractivity contribution in [2.24, 2.45) is 11.8 Å². The van der Waals surface area contributed by atoms with Gasteiger partial charge in [-0.3, -0.25) is 4.79 Å². The quantitative estimate of drug-likeness (QED) is 0.468. The van der Waals surface area contributed by atoms with E-state index in [1.54, 1.807) is 6.92 Å². The SMILES string of the molecule is CCOC(=O)C(CC(C)C)NC(=O)C(CCO)Cc1ccc(O)cc1O. The van der Waals surface area contributed by atoms with Gasteiger partial charge in [0.2, 0.25) is 5.91 Å². The lowest BCUT2D eigenvalue weighted by atomic mass is 9.94. The van der Waals surface area contributed by atoms with E-state index >= 15 is 0 Å². The molecule has 0 aliphatic heterocycles. The summed E-state index contributed by atoms with van der Waals surface area (Å²) in [4.78, 5) is 24.7. The Morgan fingerprint density at radius 1 is 1.23 bits per heavy atom. The van der Waals surface area contributed by atoms with Crippen molar-refractivity contribution < 1.29 is 29.6 Å². The Labute approximate surface area is 154 Å². The Kier molecular flexibility index (Phi) is 8.92. The van der Waals surface area contributed by atoms with E-state index in [0.717, 1.165) is 0 Å². The largest absolute Gasteiger partial charge is 0.508 e. The number of aliphatic hydroxyl groups excluding tert-OH is 1. The molecule has 0 aliphatic carbocycles. The summed E-state index contributed by atoms with van der Waals surface area (Å²) in [7, 11) is 0. The Bertz CT molecular complexity index is 602. The highest BCUT2D eigenvalue weighted by atomic mass is 16.5. The van der Waals surface area contributed by atoms with Crippen LogP contribution in [0.1, 0.15) is 39.2 Å². The second-order valence-electron chi connectivity index (χ2n) is 6.67. The number of phenolic OH excluding ortho intramolecular Hbond substituents is 2. The zero-order chi connectivity index (χ0) is 19.7. The summed E-state index contributed by atoms with van der Waals surface area (Å²) in [6.07, 6.45) is 0.806. The highest BCUT2D eigenvalue weighted by Crippen LogP contribution is 2.26. The zero-order valence-electron chi connectivity index (χ0n) is 15.6. The van der Waals surface area contributed by atoms with E-state index in [1.807, 2.05) is 13.8 Å². The number of amides is 1. The molecule has 26 heavy (non-hydrogen) atoms. The molecule has 2 unspecified atom stereocenters. The van der Waals surface area contributed by atoms with Gasteiger partial charge in [0.25, 0.3) is 0 Å². The number of carbonyl (C=O) groups is 2.